The number of hydrogen-bond acceptors (Lipinski definition) is 6. The lowest BCUT2D eigenvalue weighted by molar-refractivity contribution is -0.387. The van der Waals surface area contributed by atoms with Gasteiger partial charge in [0.05, 0.1) is 10.6 Å². The number of aromatic nitrogens is 1. The van der Waals surface area contributed by atoms with Gasteiger partial charge in [-0.2, -0.15) is 0 Å². The minimum Gasteiger partial charge on any atom is -0.299 e. The highest BCUT2D eigenvalue weighted by Crippen LogP contribution is 2.26. The van der Waals surface area contributed by atoms with Crippen molar-refractivity contribution in [1.29, 1.82) is 0 Å². The Morgan fingerprint density at radius 3 is 2.37 bits per heavy atom. The fraction of sp³-hybridized carbons (Fsp3) is 0.346. The highest BCUT2D eigenvalue weighted by Gasteiger charge is 2.29. The fourth-order valence-corrected chi connectivity index (χ4v) is 5.98. The van der Waals surface area contributed by atoms with Crippen molar-refractivity contribution in [3.63, 3.8) is 0 Å². The first kappa shape index (κ1) is 25.0. The fourth-order valence-electron chi connectivity index (χ4n) is 4.50. The van der Waals surface area contributed by atoms with E-state index in [1.807, 2.05) is 12.3 Å². The molecule has 2 aromatic carbocycles. The van der Waals surface area contributed by atoms with Gasteiger partial charge in [0.15, 0.2) is 4.90 Å². The predicted octanol–water partition coefficient (Wildman–Crippen LogP) is 4.52. The van der Waals surface area contributed by atoms with Crippen molar-refractivity contribution in [3.8, 4) is 11.3 Å². The molecule has 0 radical (unpaired) electrons. The van der Waals surface area contributed by atoms with Crippen LogP contribution in [0.1, 0.15) is 35.1 Å². The molecular formula is C26H30N4O4S. The number of hydrogen-bond donors (Lipinski definition) is 1. The SMILES string of the molecule is Cc1cc(-c2cc(CN3CCC(NS(=O)(=O)c4ccccc4[N+](=O)[O-])CC3)ccn2)cc(C)c1C. The van der Waals surface area contributed by atoms with Gasteiger partial charge in [0.1, 0.15) is 0 Å². The van der Waals surface area contributed by atoms with Gasteiger partial charge >= 0.3 is 0 Å². The largest absolute Gasteiger partial charge is 0.299 e. The Labute approximate surface area is 206 Å². The van der Waals surface area contributed by atoms with Crippen molar-refractivity contribution in [3.05, 3.63) is 87.1 Å². The van der Waals surface area contributed by atoms with Crippen LogP contribution in [0.3, 0.4) is 0 Å². The van der Waals surface area contributed by atoms with Crippen LogP contribution in [0.15, 0.2) is 59.6 Å². The van der Waals surface area contributed by atoms with Gasteiger partial charge in [0.2, 0.25) is 10.0 Å². The number of rotatable bonds is 7. The second-order valence-corrected chi connectivity index (χ2v) is 10.9. The molecule has 9 heteroatoms. The highest BCUT2D eigenvalue weighted by atomic mass is 32.2. The van der Waals surface area contributed by atoms with E-state index in [1.54, 1.807) is 0 Å². The molecule has 2 heterocycles. The Kier molecular flexibility index (Phi) is 7.30. The number of nitro groups is 1. The van der Waals surface area contributed by atoms with E-state index in [-0.39, 0.29) is 10.9 Å². The van der Waals surface area contributed by atoms with Gasteiger partial charge in [-0.15, -0.1) is 0 Å². The summed E-state index contributed by atoms with van der Waals surface area (Å²) in [5, 5.41) is 11.2. The maximum absolute atomic E-state index is 12.8. The Balaban J connectivity index is 1.39. The number of aryl methyl sites for hydroxylation is 2. The van der Waals surface area contributed by atoms with Gasteiger partial charge in [0.25, 0.3) is 5.69 Å². The lowest BCUT2D eigenvalue weighted by Crippen LogP contribution is -2.44. The zero-order chi connectivity index (χ0) is 25.2. The van der Waals surface area contributed by atoms with Gasteiger partial charge in [-0.25, -0.2) is 13.1 Å². The maximum atomic E-state index is 12.8. The number of pyridine rings is 1. The highest BCUT2D eigenvalue weighted by molar-refractivity contribution is 7.89. The quantitative estimate of drug-likeness (QED) is 0.382. The van der Waals surface area contributed by atoms with Crippen LogP contribution in [0.4, 0.5) is 5.69 Å². The van der Waals surface area contributed by atoms with Crippen molar-refractivity contribution in [2.45, 2.75) is 51.1 Å². The summed E-state index contributed by atoms with van der Waals surface area (Å²) < 4.78 is 28.3. The summed E-state index contributed by atoms with van der Waals surface area (Å²) in [4.78, 5) is 17.1. The van der Waals surface area contributed by atoms with E-state index < -0.39 is 20.6 Å². The number of piperidine rings is 1. The molecule has 1 N–H and O–H groups in total. The van der Waals surface area contributed by atoms with Crippen molar-refractivity contribution in [2.75, 3.05) is 13.1 Å². The molecule has 8 nitrogen and oxygen atoms in total. The molecule has 0 saturated carbocycles. The first-order valence-corrected chi connectivity index (χ1v) is 13.1. The van der Waals surface area contributed by atoms with Gasteiger partial charge in [0, 0.05) is 43.5 Å². The Bertz CT molecular complexity index is 1330. The molecule has 4 rings (SSSR count). The average Bonchev–Trinajstić information content (AvgIpc) is 2.83. The number of para-hydroxylation sites is 1. The molecule has 1 aromatic heterocycles. The van der Waals surface area contributed by atoms with Crippen LogP contribution >= 0.6 is 0 Å². The Hall–Kier alpha value is -3.14. The van der Waals surface area contributed by atoms with Crippen molar-refractivity contribution in [1.82, 2.24) is 14.6 Å². The molecule has 1 aliphatic heterocycles. The van der Waals surface area contributed by atoms with Gasteiger partial charge in [-0.05, 0) is 86.2 Å². The normalized spacial score (nSPS) is 15.3. The van der Waals surface area contributed by atoms with Crippen LogP contribution < -0.4 is 4.72 Å². The molecule has 0 bridgehead atoms. The molecule has 0 spiro atoms. The predicted molar refractivity (Wildman–Crippen MR) is 136 cm³/mol. The topological polar surface area (TPSA) is 105 Å². The summed E-state index contributed by atoms with van der Waals surface area (Å²) in [6, 6.07) is 13.6. The van der Waals surface area contributed by atoms with E-state index in [0.717, 1.165) is 36.5 Å². The van der Waals surface area contributed by atoms with E-state index in [9.17, 15) is 18.5 Å². The van der Waals surface area contributed by atoms with E-state index in [1.165, 1.54) is 41.0 Å². The minimum atomic E-state index is -3.98. The molecular weight excluding hydrogens is 464 g/mol. The molecule has 0 aliphatic carbocycles. The van der Waals surface area contributed by atoms with E-state index >= 15 is 0 Å². The summed E-state index contributed by atoms with van der Waals surface area (Å²) in [6.45, 7) is 8.56. The average molecular weight is 495 g/mol. The maximum Gasteiger partial charge on any atom is 0.289 e. The number of nitro benzene ring substituents is 1. The summed E-state index contributed by atoms with van der Waals surface area (Å²) in [6.07, 6.45) is 3.10. The Morgan fingerprint density at radius 2 is 1.71 bits per heavy atom. The van der Waals surface area contributed by atoms with Crippen LogP contribution in [0.25, 0.3) is 11.3 Å². The molecule has 0 atom stereocenters. The van der Waals surface area contributed by atoms with Gasteiger partial charge < -0.3 is 0 Å². The van der Waals surface area contributed by atoms with E-state index in [0.29, 0.717) is 12.8 Å². The second kappa shape index (κ2) is 10.2. The van der Waals surface area contributed by atoms with Crippen LogP contribution in [0, 0.1) is 30.9 Å². The van der Waals surface area contributed by atoms with Crippen molar-refractivity contribution in [2.24, 2.45) is 0 Å². The first-order chi connectivity index (χ1) is 16.6. The third-order valence-corrected chi connectivity index (χ3v) is 8.28. The molecule has 0 amide bonds. The molecule has 1 fully saturated rings. The number of nitrogens with one attached hydrogen (secondary N) is 1. The number of nitrogens with zero attached hydrogens (tertiary/aromatic N) is 3. The standard InChI is InChI=1S/C26H30N4O4S/c1-18-14-22(15-19(2)20(18)3)24-16-21(8-11-27-24)17-29-12-9-23(10-13-29)28-35(33,34)26-7-5-4-6-25(26)30(31)32/h4-8,11,14-16,23,28H,9-10,12-13,17H2,1-3H3. The molecule has 0 unspecified atom stereocenters. The molecule has 1 aliphatic rings. The molecule has 3 aromatic rings. The lowest BCUT2D eigenvalue weighted by Gasteiger charge is -2.32. The lowest BCUT2D eigenvalue weighted by atomic mass is 9.98. The zero-order valence-electron chi connectivity index (χ0n) is 20.2. The summed E-state index contributed by atoms with van der Waals surface area (Å²) >= 11 is 0. The van der Waals surface area contributed by atoms with E-state index in [4.69, 9.17) is 0 Å². The monoisotopic (exact) mass is 494 g/mol. The Morgan fingerprint density at radius 1 is 1.06 bits per heavy atom. The van der Waals surface area contributed by atoms with Gasteiger partial charge in [-0.1, -0.05) is 12.1 Å². The summed E-state index contributed by atoms with van der Waals surface area (Å²) in [5.41, 5.74) is 6.59. The number of sulfonamides is 1. The third kappa shape index (κ3) is 5.75. The molecule has 35 heavy (non-hydrogen) atoms. The van der Waals surface area contributed by atoms with Crippen LogP contribution in [-0.4, -0.2) is 42.4 Å². The van der Waals surface area contributed by atoms with E-state index in [2.05, 4.69) is 53.6 Å². The van der Waals surface area contributed by atoms with Crippen LogP contribution in [-0.2, 0) is 16.6 Å². The second-order valence-electron chi connectivity index (χ2n) is 9.18. The third-order valence-electron chi connectivity index (χ3n) is 6.71. The van der Waals surface area contributed by atoms with Crippen LogP contribution in [0.2, 0.25) is 0 Å². The van der Waals surface area contributed by atoms with Crippen molar-refractivity contribution < 1.29 is 13.3 Å². The molecule has 1 saturated heterocycles. The zero-order valence-corrected chi connectivity index (χ0v) is 21.0. The smallest absolute Gasteiger partial charge is 0.289 e. The van der Waals surface area contributed by atoms with Crippen molar-refractivity contribution >= 4 is 15.7 Å². The minimum absolute atomic E-state index is 0.262. The molecule has 184 valence electrons. The van der Waals surface area contributed by atoms with Crippen LogP contribution in [0.5, 0.6) is 0 Å². The number of likely N-dealkylation sites (tertiary alicyclic amines) is 1. The summed E-state index contributed by atoms with van der Waals surface area (Å²) in [7, 11) is -3.98. The first-order valence-electron chi connectivity index (χ1n) is 11.7. The van der Waals surface area contributed by atoms with Gasteiger partial charge in [-0.3, -0.25) is 20.0 Å². The summed E-state index contributed by atoms with van der Waals surface area (Å²) in [5.74, 6) is 0. The number of benzene rings is 2.